The molecule has 1 aliphatic heterocycles. The zero-order valence-corrected chi connectivity index (χ0v) is 18.7. The maximum Gasteiger partial charge on any atom is 0.274 e. The number of benzene rings is 2. The van der Waals surface area contributed by atoms with Crippen LogP contribution in [0.15, 0.2) is 71.5 Å². The lowest BCUT2D eigenvalue weighted by molar-refractivity contribution is 0.0775. The molecule has 0 bridgehead atoms. The number of ether oxygens (including phenoxy) is 2. The van der Waals surface area contributed by atoms with Crippen LogP contribution in [-0.4, -0.2) is 60.5 Å². The lowest BCUT2D eigenvalue weighted by atomic mass is 10.1. The van der Waals surface area contributed by atoms with Crippen LogP contribution in [0, 0.1) is 0 Å². The molecule has 1 aliphatic rings. The molecule has 8 nitrogen and oxygen atoms in total. The monoisotopic (exact) mass is 448 g/mol. The molecule has 1 aromatic heterocycles. The van der Waals surface area contributed by atoms with Gasteiger partial charge in [-0.3, -0.25) is 9.59 Å². The van der Waals surface area contributed by atoms with E-state index in [0.717, 1.165) is 30.1 Å². The SMILES string of the molecule is CN(Cc1ccccc1N1CCOCC1)C(=O)c1ccc(=O)n(CCOc2ccccc2)n1. The van der Waals surface area contributed by atoms with E-state index in [1.165, 1.54) is 16.8 Å². The molecule has 33 heavy (non-hydrogen) atoms. The van der Waals surface area contributed by atoms with E-state index in [1.807, 2.05) is 48.5 Å². The number of carbonyl (C=O) groups excluding carboxylic acids is 1. The molecule has 0 aliphatic carbocycles. The Morgan fingerprint density at radius 3 is 2.55 bits per heavy atom. The number of anilines is 1. The van der Waals surface area contributed by atoms with Gasteiger partial charge < -0.3 is 19.3 Å². The lowest BCUT2D eigenvalue weighted by Gasteiger charge is -2.31. The molecule has 0 atom stereocenters. The fraction of sp³-hybridized carbons (Fsp3) is 0.320. The van der Waals surface area contributed by atoms with Crippen molar-refractivity contribution in [3.63, 3.8) is 0 Å². The van der Waals surface area contributed by atoms with Gasteiger partial charge in [0.2, 0.25) is 0 Å². The minimum atomic E-state index is -0.275. The van der Waals surface area contributed by atoms with Crippen LogP contribution < -0.4 is 15.2 Å². The summed E-state index contributed by atoms with van der Waals surface area (Å²) in [6.07, 6.45) is 0. The van der Waals surface area contributed by atoms with E-state index < -0.39 is 0 Å². The smallest absolute Gasteiger partial charge is 0.274 e. The van der Waals surface area contributed by atoms with Gasteiger partial charge in [0, 0.05) is 38.4 Å². The highest BCUT2D eigenvalue weighted by Gasteiger charge is 2.19. The standard InChI is InChI=1S/C25H28N4O4/c1-27(19-20-7-5-6-10-23(20)28-13-16-32-17-14-28)25(31)22-11-12-24(30)29(26-22)15-18-33-21-8-3-2-4-9-21/h2-12H,13-19H2,1H3. The molecule has 2 aromatic carbocycles. The van der Waals surface area contributed by atoms with Crippen LogP contribution >= 0.6 is 0 Å². The molecule has 1 saturated heterocycles. The third kappa shape index (κ3) is 5.78. The Balaban J connectivity index is 1.42. The molecule has 1 amide bonds. The Bertz CT molecular complexity index is 1130. The Labute approximate surface area is 193 Å². The Kier molecular flexibility index (Phi) is 7.36. The van der Waals surface area contributed by atoms with Crippen molar-refractivity contribution in [1.82, 2.24) is 14.7 Å². The summed E-state index contributed by atoms with van der Waals surface area (Å²) in [6, 6.07) is 20.3. The van der Waals surface area contributed by atoms with Gasteiger partial charge in [0.25, 0.3) is 11.5 Å². The van der Waals surface area contributed by atoms with Gasteiger partial charge >= 0.3 is 0 Å². The molecular formula is C25H28N4O4. The number of aromatic nitrogens is 2. The average Bonchev–Trinajstić information content (AvgIpc) is 2.86. The van der Waals surface area contributed by atoms with Crippen LogP contribution in [0.25, 0.3) is 0 Å². The molecule has 4 rings (SSSR count). The number of hydrogen-bond acceptors (Lipinski definition) is 6. The summed E-state index contributed by atoms with van der Waals surface area (Å²) in [5.41, 5.74) is 2.11. The summed E-state index contributed by atoms with van der Waals surface area (Å²) in [5, 5.41) is 4.28. The zero-order valence-electron chi connectivity index (χ0n) is 18.7. The van der Waals surface area contributed by atoms with Crippen molar-refractivity contribution in [3.8, 4) is 5.75 Å². The maximum absolute atomic E-state index is 13.1. The first-order chi connectivity index (χ1) is 16.1. The molecular weight excluding hydrogens is 420 g/mol. The summed E-state index contributed by atoms with van der Waals surface area (Å²) in [4.78, 5) is 29.2. The Morgan fingerprint density at radius 1 is 1.03 bits per heavy atom. The van der Waals surface area contributed by atoms with Crippen LogP contribution in [0.1, 0.15) is 16.1 Å². The molecule has 2 heterocycles. The second-order valence-corrected chi connectivity index (χ2v) is 7.83. The zero-order chi connectivity index (χ0) is 23.0. The van der Waals surface area contributed by atoms with Crippen molar-refractivity contribution in [1.29, 1.82) is 0 Å². The topological polar surface area (TPSA) is 76.9 Å². The summed E-state index contributed by atoms with van der Waals surface area (Å²) in [5.74, 6) is 0.473. The second kappa shape index (κ2) is 10.8. The molecule has 0 saturated carbocycles. The maximum atomic E-state index is 13.1. The third-order valence-electron chi connectivity index (χ3n) is 5.50. The minimum Gasteiger partial charge on any atom is -0.492 e. The van der Waals surface area contributed by atoms with Crippen LogP contribution in [0.3, 0.4) is 0 Å². The van der Waals surface area contributed by atoms with Crippen LogP contribution in [-0.2, 0) is 17.8 Å². The fourth-order valence-corrected chi connectivity index (χ4v) is 3.77. The lowest BCUT2D eigenvalue weighted by Crippen LogP contribution is -2.37. The third-order valence-corrected chi connectivity index (χ3v) is 5.50. The van der Waals surface area contributed by atoms with Crippen molar-refractivity contribution in [2.75, 3.05) is 44.9 Å². The first kappa shape index (κ1) is 22.5. The van der Waals surface area contributed by atoms with Crippen molar-refractivity contribution in [2.24, 2.45) is 0 Å². The van der Waals surface area contributed by atoms with Gasteiger partial charge in [-0.1, -0.05) is 36.4 Å². The van der Waals surface area contributed by atoms with Crippen LogP contribution in [0.4, 0.5) is 5.69 Å². The van der Waals surface area contributed by atoms with Crippen LogP contribution in [0.5, 0.6) is 5.75 Å². The van der Waals surface area contributed by atoms with Crippen molar-refractivity contribution >= 4 is 11.6 Å². The summed E-state index contributed by atoms with van der Waals surface area (Å²) in [6.45, 7) is 4.00. The predicted octanol–water partition coefficient (Wildman–Crippen LogP) is 2.43. The van der Waals surface area contributed by atoms with E-state index in [1.54, 1.807) is 11.9 Å². The Morgan fingerprint density at radius 2 is 1.76 bits per heavy atom. The first-order valence-corrected chi connectivity index (χ1v) is 11.0. The highest BCUT2D eigenvalue weighted by atomic mass is 16.5. The largest absolute Gasteiger partial charge is 0.492 e. The predicted molar refractivity (Wildman–Crippen MR) is 126 cm³/mol. The van der Waals surface area contributed by atoms with E-state index in [0.29, 0.717) is 19.8 Å². The van der Waals surface area contributed by atoms with Gasteiger partial charge in [-0.15, -0.1) is 0 Å². The number of carbonyl (C=O) groups is 1. The van der Waals surface area contributed by atoms with Gasteiger partial charge in [0.1, 0.15) is 18.1 Å². The number of rotatable bonds is 8. The summed E-state index contributed by atoms with van der Waals surface area (Å²) in [7, 11) is 1.74. The van der Waals surface area contributed by atoms with E-state index in [2.05, 4.69) is 16.1 Å². The number of amides is 1. The van der Waals surface area contributed by atoms with Gasteiger partial charge in [0.05, 0.1) is 19.8 Å². The number of hydrogen-bond donors (Lipinski definition) is 0. The van der Waals surface area contributed by atoms with Gasteiger partial charge in [-0.2, -0.15) is 5.10 Å². The fourth-order valence-electron chi connectivity index (χ4n) is 3.77. The molecule has 0 unspecified atom stereocenters. The first-order valence-electron chi connectivity index (χ1n) is 11.0. The summed E-state index contributed by atoms with van der Waals surface area (Å²) >= 11 is 0. The van der Waals surface area contributed by atoms with Gasteiger partial charge in [0.15, 0.2) is 0 Å². The Hall–Kier alpha value is -3.65. The second-order valence-electron chi connectivity index (χ2n) is 7.83. The van der Waals surface area contributed by atoms with E-state index in [-0.39, 0.29) is 30.3 Å². The quantitative estimate of drug-likeness (QED) is 0.527. The molecule has 1 fully saturated rings. The molecule has 3 aromatic rings. The van der Waals surface area contributed by atoms with E-state index >= 15 is 0 Å². The molecule has 0 N–H and O–H groups in total. The molecule has 0 radical (unpaired) electrons. The molecule has 0 spiro atoms. The number of morpholine rings is 1. The highest BCUT2D eigenvalue weighted by Crippen LogP contribution is 2.23. The van der Waals surface area contributed by atoms with Crippen molar-refractivity contribution < 1.29 is 14.3 Å². The minimum absolute atomic E-state index is 0.223. The highest BCUT2D eigenvalue weighted by molar-refractivity contribution is 5.92. The summed E-state index contributed by atoms with van der Waals surface area (Å²) < 4.78 is 12.4. The number of para-hydroxylation sites is 2. The number of nitrogens with zero attached hydrogens (tertiary/aromatic N) is 4. The van der Waals surface area contributed by atoms with E-state index in [9.17, 15) is 9.59 Å². The average molecular weight is 449 g/mol. The van der Waals surface area contributed by atoms with Crippen molar-refractivity contribution in [3.05, 3.63) is 88.3 Å². The molecule has 8 heteroatoms. The van der Waals surface area contributed by atoms with Crippen molar-refractivity contribution in [2.45, 2.75) is 13.1 Å². The van der Waals surface area contributed by atoms with E-state index in [4.69, 9.17) is 9.47 Å². The van der Waals surface area contributed by atoms with Gasteiger partial charge in [-0.25, -0.2) is 4.68 Å². The molecule has 172 valence electrons. The van der Waals surface area contributed by atoms with Crippen LogP contribution in [0.2, 0.25) is 0 Å². The van der Waals surface area contributed by atoms with Gasteiger partial charge in [-0.05, 0) is 29.8 Å². The normalized spacial score (nSPS) is 13.5.